The third-order valence-corrected chi connectivity index (χ3v) is 4.26. The highest BCUT2D eigenvalue weighted by Gasteiger charge is 2.27. The molecule has 1 aliphatic rings. The molecule has 1 unspecified atom stereocenters. The third kappa shape index (κ3) is 2.61. The Hall–Kier alpha value is -2.00. The Labute approximate surface area is 125 Å². The van der Waals surface area contributed by atoms with Crippen LogP contribution in [0.5, 0.6) is 11.5 Å². The largest absolute Gasteiger partial charge is 0.497 e. The molecular weight excluding hydrogens is 262 g/mol. The molecule has 21 heavy (non-hydrogen) atoms. The molecule has 0 fully saturated rings. The first-order valence-electron chi connectivity index (χ1n) is 7.26. The second-order valence-corrected chi connectivity index (χ2v) is 5.70. The van der Waals surface area contributed by atoms with E-state index in [2.05, 4.69) is 32.0 Å². The lowest BCUT2D eigenvalue weighted by Crippen LogP contribution is -2.24. The molecule has 1 heterocycles. The van der Waals surface area contributed by atoms with Gasteiger partial charge >= 0.3 is 0 Å². The van der Waals surface area contributed by atoms with E-state index in [1.165, 1.54) is 16.7 Å². The number of hydrogen-bond donors (Lipinski definition) is 1. The van der Waals surface area contributed by atoms with Crippen molar-refractivity contribution in [1.29, 1.82) is 0 Å². The standard InChI is InChI=1S/C18H21NO2/c1-11-4-5-13(8-12(11)2)18-10-16(19)15-9-14(20-3)6-7-17(15)21-18/h4-9,16,18H,10,19H2,1-3H3/t16-,18?/m1/s1. The molecule has 0 aliphatic carbocycles. The van der Waals surface area contributed by atoms with Gasteiger partial charge in [0, 0.05) is 18.0 Å². The first-order valence-corrected chi connectivity index (χ1v) is 7.26. The number of fused-ring (bicyclic) bond motifs is 1. The Balaban J connectivity index is 1.92. The summed E-state index contributed by atoms with van der Waals surface area (Å²) in [7, 11) is 1.66. The predicted octanol–water partition coefficient (Wildman–Crippen LogP) is 3.84. The number of methoxy groups -OCH3 is 1. The summed E-state index contributed by atoms with van der Waals surface area (Å²) >= 11 is 0. The van der Waals surface area contributed by atoms with Gasteiger partial charge in [0.1, 0.15) is 17.6 Å². The van der Waals surface area contributed by atoms with Crippen LogP contribution in [0.1, 0.15) is 40.8 Å². The Morgan fingerprint density at radius 1 is 1.10 bits per heavy atom. The topological polar surface area (TPSA) is 44.5 Å². The van der Waals surface area contributed by atoms with Crippen LogP contribution in [-0.4, -0.2) is 7.11 Å². The summed E-state index contributed by atoms with van der Waals surface area (Å²) in [4.78, 5) is 0. The first-order chi connectivity index (χ1) is 10.1. The van der Waals surface area contributed by atoms with Gasteiger partial charge in [-0.1, -0.05) is 18.2 Å². The Morgan fingerprint density at radius 3 is 2.62 bits per heavy atom. The number of nitrogens with two attached hydrogens (primary N) is 1. The van der Waals surface area contributed by atoms with Gasteiger partial charge in [0.25, 0.3) is 0 Å². The monoisotopic (exact) mass is 283 g/mol. The van der Waals surface area contributed by atoms with Gasteiger partial charge in [0.05, 0.1) is 7.11 Å². The molecule has 3 nitrogen and oxygen atoms in total. The van der Waals surface area contributed by atoms with Crippen LogP contribution in [0.3, 0.4) is 0 Å². The quantitative estimate of drug-likeness (QED) is 0.911. The zero-order chi connectivity index (χ0) is 15.0. The molecular formula is C18H21NO2. The fraction of sp³-hybridized carbons (Fsp3) is 0.333. The molecule has 0 saturated heterocycles. The average Bonchev–Trinajstić information content (AvgIpc) is 2.49. The van der Waals surface area contributed by atoms with Crippen molar-refractivity contribution in [2.45, 2.75) is 32.4 Å². The van der Waals surface area contributed by atoms with Crippen molar-refractivity contribution in [3.8, 4) is 11.5 Å². The number of hydrogen-bond acceptors (Lipinski definition) is 3. The van der Waals surface area contributed by atoms with Gasteiger partial charge in [-0.15, -0.1) is 0 Å². The van der Waals surface area contributed by atoms with Crippen LogP contribution in [0.25, 0.3) is 0 Å². The van der Waals surface area contributed by atoms with E-state index in [0.29, 0.717) is 0 Å². The van der Waals surface area contributed by atoms with Crippen LogP contribution in [0.15, 0.2) is 36.4 Å². The molecule has 2 aromatic rings. The highest BCUT2D eigenvalue weighted by molar-refractivity contribution is 5.44. The fourth-order valence-electron chi connectivity index (χ4n) is 2.78. The van der Waals surface area contributed by atoms with Crippen LogP contribution >= 0.6 is 0 Å². The molecule has 0 saturated carbocycles. The second-order valence-electron chi connectivity index (χ2n) is 5.70. The zero-order valence-corrected chi connectivity index (χ0v) is 12.7. The van der Waals surface area contributed by atoms with Crippen LogP contribution < -0.4 is 15.2 Å². The van der Waals surface area contributed by atoms with Crippen LogP contribution in [-0.2, 0) is 0 Å². The van der Waals surface area contributed by atoms with Gasteiger partial charge in [0.2, 0.25) is 0 Å². The van der Waals surface area contributed by atoms with Crippen LogP contribution in [0.4, 0.5) is 0 Å². The number of rotatable bonds is 2. The van der Waals surface area contributed by atoms with Crippen molar-refractivity contribution in [1.82, 2.24) is 0 Å². The smallest absolute Gasteiger partial charge is 0.126 e. The summed E-state index contributed by atoms with van der Waals surface area (Å²) in [6.07, 6.45) is 0.794. The number of ether oxygens (including phenoxy) is 2. The van der Waals surface area contributed by atoms with Gasteiger partial charge in [-0.2, -0.15) is 0 Å². The predicted molar refractivity (Wildman–Crippen MR) is 83.8 cm³/mol. The summed E-state index contributed by atoms with van der Waals surface area (Å²) in [6.45, 7) is 4.24. The highest BCUT2D eigenvalue weighted by atomic mass is 16.5. The molecule has 0 aromatic heterocycles. The van der Waals surface area contributed by atoms with Crippen LogP contribution in [0.2, 0.25) is 0 Å². The van der Waals surface area contributed by atoms with Gasteiger partial charge < -0.3 is 15.2 Å². The Bertz CT molecular complexity index is 666. The summed E-state index contributed by atoms with van der Waals surface area (Å²) in [5.74, 6) is 1.68. The summed E-state index contributed by atoms with van der Waals surface area (Å²) in [6, 6.07) is 12.3. The Kier molecular flexibility index (Phi) is 3.60. The molecule has 2 atom stereocenters. The van der Waals surface area contributed by atoms with E-state index < -0.39 is 0 Å². The molecule has 0 amide bonds. The highest BCUT2D eigenvalue weighted by Crippen LogP contribution is 2.41. The second kappa shape index (κ2) is 5.41. The van der Waals surface area contributed by atoms with Gasteiger partial charge in [-0.05, 0) is 48.7 Å². The van der Waals surface area contributed by atoms with E-state index in [-0.39, 0.29) is 12.1 Å². The van der Waals surface area contributed by atoms with E-state index in [0.717, 1.165) is 23.5 Å². The van der Waals surface area contributed by atoms with Crippen molar-refractivity contribution in [2.75, 3.05) is 7.11 Å². The maximum atomic E-state index is 6.33. The van der Waals surface area contributed by atoms with E-state index in [1.807, 2.05) is 18.2 Å². The normalized spacial score (nSPS) is 20.6. The van der Waals surface area contributed by atoms with E-state index in [4.69, 9.17) is 15.2 Å². The van der Waals surface area contributed by atoms with E-state index >= 15 is 0 Å². The average molecular weight is 283 g/mol. The fourth-order valence-corrected chi connectivity index (χ4v) is 2.78. The minimum Gasteiger partial charge on any atom is -0.497 e. The molecule has 3 rings (SSSR count). The molecule has 3 heteroatoms. The summed E-state index contributed by atoms with van der Waals surface area (Å²) in [5.41, 5.74) is 11.1. The Morgan fingerprint density at radius 2 is 1.90 bits per heavy atom. The SMILES string of the molecule is COc1ccc2c(c1)[C@H](N)CC(c1ccc(C)c(C)c1)O2. The molecule has 110 valence electrons. The van der Waals surface area contributed by atoms with Crippen LogP contribution in [0, 0.1) is 13.8 Å². The third-order valence-electron chi connectivity index (χ3n) is 4.26. The maximum Gasteiger partial charge on any atom is 0.126 e. The van der Waals surface area contributed by atoms with Crippen molar-refractivity contribution in [2.24, 2.45) is 5.73 Å². The first kappa shape index (κ1) is 14.0. The molecule has 1 aliphatic heterocycles. The lowest BCUT2D eigenvalue weighted by molar-refractivity contribution is 0.161. The van der Waals surface area contributed by atoms with Crippen molar-refractivity contribution in [3.63, 3.8) is 0 Å². The summed E-state index contributed by atoms with van der Waals surface area (Å²) < 4.78 is 11.4. The van der Waals surface area contributed by atoms with Crippen molar-refractivity contribution < 1.29 is 9.47 Å². The van der Waals surface area contributed by atoms with Gasteiger partial charge in [-0.25, -0.2) is 0 Å². The summed E-state index contributed by atoms with van der Waals surface area (Å²) in [5, 5.41) is 0. The molecule has 2 N–H and O–H groups in total. The van der Waals surface area contributed by atoms with Gasteiger partial charge in [-0.3, -0.25) is 0 Å². The van der Waals surface area contributed by atoms with Gasteiger partial charge in [0.15, 0.2) is 0 Å². The minimum absolute atomic E-state index is 0.0141. The zero-order valence-electron chi connectivity index (χ0n) is 12.7. The molecule has 0 spiro atoms. The van der Waals surface area contributed by atoms with Crippen molar-refractivity contribution in [3.05, 3.63) is 58.7 Å². The molecule has 2 aromatic carbocycles. The van der Waals surface area contributed by atoms with E-state index in [1.54, 1.807) is 7.11 Å². The number of aryl methyl sites for hydroxylation is 2. The van der Waals surface area contributed by atoms with Crippen molar-refractivity contribution >= 4 is 0 Å². The molecule has 0 bridgehead atoms. The lowest BCUT2D eigenvalue weighted by Gasteiger charge is -2.31. The number of benzene rings is 2. The lowest BCUT2D eigenvalue weighted by atomic mass is 9.92. The minimum atomic E-state index is -0.0320. The molecule has 0 radical (unpaired) electrons. The van der Waals surface area contributed by atoms with E-state index in [9.17, 15) is 0 Å². The maximum absolute atomic E-state index is 6.33.